The summed E-state index contributed by atoms with van der Waals surface area (Å²) < 4.78 is 0. The zero-order valence-electron chi connectivity index (χ0n) is 8.09. The largest absolute Gasteiger partial charge is 0.322 e. The van der Waals surface area contributed by atoms with Gasteiger partial charge < -0.3 is 5.73 Å². The molecule has 0 bridgehead atoms. The first-order valence-electron chi connectivity index (χ1n) is 4.94. The summed E-state index contributed by atoms with van der Waals surface area (Å²) in [4.78, 5) is 8.79. The van der Waals surface area contributed by atoms with E-state index in [4.69, 9.17) is 5.73 Å². The van der Waals surface area contributed by atoms with Gasteiger partial charge >= 0.3 is 0 Å². The second-order valence-electron chi connectivity index (χ2n) is 3.81. The predicted octanol–water partition coefficient (Wildman–Crippen LogP) is 2.68. The molecule has 1 atom stereocenters. The molecule has 0 radical (unpaired) electrons. The van der Waals surface area contributed by atoms with Gasteiger partial charge in [0.2, 0.25) is 0 Å². The highest BCUT2D eigenvalue weighted by Gasteiger charge is 2.31. The molecular weight excluding hydrogens is 226 g/mol. The molecule has 2 aromatic rings. The smallest absolute Gasteiger partial charge is 0.110 e. The third kappa shape index (κ3) is 1.82. The quantitative estimate of drug-likeness (QED) is 0.893. The summed E-state index contributed by atoms with van der Waals surface area (Å²) in [5, 5.41) is 5.12. The van der Waals surface area contributed by atoms with Crippen molar-refractivity contribution in [3.05, 3.63) is 21.3 Å². The van der Waals surface area contributed by atoms with Crippen molar-refractivity contribution in [1.82, 2.24) is 9.97 Å². The maximum Gasteiger partial charge on any atom is 0.110 e. The van der Waals surface area contributed by atoms with Crippen LogP contribution in [0.15, 0.2) is 16.3 Å². The minimum atomic E-state index is 0.141. The van der Waals surface area contributed by atoms with Crippen LogP contribution in [0.4, 0.5) is 0 Å². The molecule has 5 heteroatoms. The maximum absolute atomic E-state index is 6.10. The van der Waals surface area contributed by atoms with Gasteiger partial charge in [0.05, 0.1) is 11.6 Å². The van der Waals surface area contributed by atoms with Gasteiger partial charge in [-0.3, -0.25) is 0 Å². The van der Waals surface area contributed by atoms with Crippen LogP contribution >= 0.6 is 22.7 Å². The van der Waals surface area contributed by atoms with Crippen LogP contribution in [0.1, 0.15) is 23.9 Å². The van der Waals surface area contributed by atoms with Gasteiger partial charge in [-0.1, -0.05) is 0 Å². The van der Waals surface area contributed by atoms with Crippen LogP contribution in [0.3, 0.4) is 0 Å². The van der Waals surface area contributed by atoms with Crippen LogP contribution in [-0.2, 0) is 0 Å². The average molecular weight is 237 g/mol. The first-order valence-corrected chi connectivity index (χ1v) is 6.76. The van der Waals surface area contributed by atoms with E-state index in [1.807, 2.05) is 16.3 Å². The van der Waals surface area contributed by atoms with Gasteiger partial charge in [-0.2, -0.15) is 0 Å². The number of rotatable bonds is 3. The van der Waals surface area contributed by atoms with Crippen molar-refractivity contribution >= 4 is 22.7 Å². The molecule has 1 unspecified atom stereocenters. The number of thiazole rings is 2. The van der Waals surface area contributed by atoms with Crippen LogP contribution in [0, 0.1) is 5.92 Å². The van der Waals surface area contributed by atoms with E-state index in [-0.39, 0.29) is 6.04 Å². The van der Waals surface area contributed by atoms with Crippen molar-refractivity contribution in [3.63, 3.8) is 0 Å². The van der Waals surface area contributed by atoms with Gasteiger partial charge in [0.1, 0.15) is 16.4 Å². The minimum Gasteiger partial charge on any atom is -0.322 e. The Bertz CT molecular complexity index is 445. The van der Waals surface area contributed by atoms with E-state index < -0.39 is 0 Å². The Balaban J connectivity index is 1.87. The van der Waals surface area contributed by atoms with E-state index in [0.29, 0.717) is 5.92 Å². The molecule has 1 saturated carbocycles. The first-order chi connectivity index (χ1) is 7.34. The molecule has 78 valence electrons. The lowest BCUT2D eigenvalue weighted by Gasteiger charge is -2.04. The fourth-order valence-electron chi connectivity index (χ4n) is 1.55. The molecule has 0 aromatic carbocycles. The van der Waals surface area contributed by atoms with Gasteiger partial charge in [0.25, 0.3) is 0 Å². The van der Waals surface area contributed by atoms with Gasteiger partial charge in [-0.15, -0.1) is 22.7 Å². The molecule has 2 heterocycles. The third-order valence-electron chi connectivity index (χ3n) is 2.63. The summed E-state index contributed by atoms with van der Waals surface area (Å²) in [5.41, 5.74) is 9.85. The number of hydrogen-bond donors (Lipinski definition) is 1. The summed E-state index contributed by atoms with van der Waals surface area (Å²) in [6.07, 6.45) is 2.51. The molecule has 0 spiro atoms. The monoisotopic (exact) mass is 237 g/mol. The molecule has 1 aliphatic carbocycles. The second kappa shape index (κ2) is 3.66. The molecule has 0 aliphatic heterocycles. The molecule has 0 saturated heterocycles. The van der Waals surface area contributed by atoms with E-state index in [2.05, 4.69) is 9.97 Å². The van der Waals surface area contributed by atoms with E-state index >= 15 is 0 Å². The van der Waals surface area contributed by atoms with Gasteiger partial charge in [-0.05, 0) is 18.8 Å². The zero-order chi connectivity index (χ0) is 10.3. The molecule has 1 fully saturated rings. The molecule has 0 amide bonds. The SMILES string of the molecule is NC(c1nc(-c2cscn2)cs1)C1CC1. The highest BCUT2D eigenvalue weighted by atomic mass is 32.1. The predicted molar refractivity (Wildman–Crippen MR) is 62.9 cm³/mol. The number of hydrogen-bond acceptors (Lipinski definition) is 5. The lowest BCUT2D eigenvalue weighted by atomic mass is 10.2. The molecule has 3 rings (SSSR count). The topological polar surface area (TPSA) is 51.8 Å². The Labute approximate surface area is 96.0 Å². The first kappa shape index (κ1) is 9.45. The Morgan fingerprint density at radius 2 is 2.20 bits per heavy atom. The Morgan fingerprint density at radius 3 is 2.87 bits per heavy atom. The van der Waals surface area contributed by atoms with Crippen molar-refractivity contribution in [2.75, 3.05) is 0 Å². The molecule has 3 nitrogen and oxygen atoms in total. The van der Waals surface area contributed by atoms with Gasteiger partial charge in [-0.25, -0.2) is 9.97 Å². The molecule has 1 aliphatic rings. The summed E-state index contributed by atoms with van der Waals surface area (Å²) in [6, 6.07) is 0.141. The summed E-state index contributed by atoms with van der Waals surface area (Å²) in [7, 11) is 0. The third-order valence-corrected chi connectivity index (χ3v) is 4.16. The highest BCUT2D eigenvalue weighted by Crippen LogP contribution is 2.40. The van der Waals surface area contributed by atoms with E-state index in [1.54, 1.807) is 22.7 Å². The van der Waals surface area contributed by atoms with Crippen molar-refractivity contribution in [1.29, 1.82) is 0 Å². The van der Waals surface area contributed by atoms with Crippen molar-refractivity contribution < 1.29 is 0 Å². The fourth-order valence-corrected chi connectivity index (χ4v) is 3.01. The summed E-state index contributed by atoms with van der Waals surface area (Å²) >= 11 is 3.25. The average Bonchev–Trinajstić information content (AvgIpc) is 2.80. The minimum absolute atomic E-state index is 0.141. The van der Waals surface area contributed by atoms with E-state index in [1.165, 1.54) is 12.8 Å². The van der Waals surface area contributed by atoms with E-state index in [9.17, 15) is 0 Å². The van der Waals surface area contributed by atoms with Crippen LogP contribution in [0.5, 0.6) is 0 Å². The van der Waals surface area contributed by atoms with Gasteiger partial charge in [0.15, 0.2) is 0 Å². The lowest BCUT2D eigenvalue weighted by molar-refractivity contribution is 0.629. The highest BCUT2D eigenvalue weighted by molar-refractivity contribution is 7.10. The molecule has 2 aromatic heterocycles. The molecular formula is C10H11N3S2. The van der Waals surface area contributed by atoms with Gasteiger partial charge in [0, 0.05) is 10.8 Å². The van der Waals surface area contributed by atoms with Crippen molar-refractivity contribution in [2.24, 2.45) is 11.7 Å². The maximum atomic E-state index is 6.10. The fraction of sp³-hybridized carbons (Fsp3) is 0.400. The Hall–Kier alpha value is -0.780. The van der Waals surface area contributed by atoms with Crippen LogP contribution < -0.4 is 5.73 Å². The van der Waals surface area contributed by atoms with Crippen LogP contribution in [0.25, 0.3) is 11.4 Å². The second-order valence-corrected chi connectivity index (χ2v) is 5.42. The standard InChI is InChI=1S/C10H11N3S2/c11-9(6-1-2-6)10-13-8(4-15-10)7-3-14-5-12-7/h3-6,9H,1-2,11H2. The van der Waals surface area contributed by atoms with E-state index in [0.717, 1.165) is 16.4 Å². The molecule has 15 heavy (non-hydrogen) atoms. The summed E-state index contributed by atoms with van der Waals surface area (Å²) in [6.45, 7) is 0. The Kier molecular flexibility index (Phi) is 2.31. The Morgan fingerprint density at radius 1 is 1.33 bits per heavy atom. The summed E-state index contributed by atoms with van der Waals surface area (Å²) in [5.74, 6) is 0.666. The number of nitrogens with zero attached hydrogens (tertiary/aromatic N) is 2. The normalized spacial score (nSPS) is 17.9. The van der Waals surface area contributed by atoms with Crippen LogP contribution in [0.2, 0.25) is 0 Å². The number of nitrogens with two attached hydrogens (primary N) is 1. The molecule has 2 N–H and O–H groups in total. The number of aromatic nitrogens is 2. The zero-order valence-corrected chi connectivity index (χ0v) is 9.72. The van der Waals surface area contributed by atoms with Crippen molar-refractivity contribution in [3.8, 4) is 11.4 Å². The van der Waals surface area contributed by atoms with Crippen molar-refractivity contribution in [2.45, 2.75) is 18.9 Å². The van der Waals surface area contributed by atoms with Crippen LogP contribution in [-0.4, -0.2) is 9.97 Å². The lowest BCUT2D eigenvalue weighted by Crippen LogP contribution is -2.11.